The minimum atomic E-state index is -0.662. The van der Waals surface area contributed by atoms with Gasteiger partial charge in [0.1, 0.15) is 0 Å². The predicted octanol–water partition coefficient (Wildman–Crippen LogP) is 1.13. The van der Waals surface area contributed by atoms with Crippen molar-refractivity contribution in [1.82, 2.24) is 0 Å². The van der Waals surface area contributed by atoms with Crippen molar-refractivity contribution in [3.05, 3.63) is 28.8 Å². The highest BCUT2D eigenvalue weighted by Crippen LogP contribution is 2.32. The Balaban J connectivity index is 2.22. The molecule has 1 aromatic rings. The molecule has 2 amide bonds. The summed E-state index contributed by atoms with van der Waals surface area (Å²) in [6.45, 7) is 1.23. The Morgan fingerprint density at radius 2 is 2.00 bits per heavy atom. The fourth-order valence-electron chi connectivity index (χ4n) is 2.32. The maximum Gasteiger partial charge on any atom is 0.248 e. The zero-order valence-electron chi connectivity index (χ0n) is 11.5. The van der Waals surface area contributed by atoms with E-state index in [1.807, 2.05) is 0 Å². The second-order valence-electron chi connectivity index (χ2n) is 5.11. The summed E-state index contributed by atoms with van der Waals surface area (Å²) in [4.78, 5) is 23.7. The minimum absolute atomic E-state index is 0.211. The van der Waals surface area contributed by atoms with Crippen LogP contribution in [-0.2, 0) is 9.53 Å². The lowest BCUT2D eigenvalue weighted by molar-refractivity contribution is -0.130. The van der Waals surface area contributed by atoms with Crippen LogP contribution in [-0.4, -0.2) is 31.6 Å². The van der Waals surface area contributed by atoms with Gasteiger partial charge in [-0.25, -0.2) is 0 Å². The molecule has 2 rings (SSSR count). The lowest BCUT2D eigenvalue weighted by Crippen LogP contribution is -2.46. The van der Waals surface area contributed by atoms with E-state index in [9.17, 15) is 9.59 Å². The molecular formula is C14H18ClN3O3. The smallest absolute Gasteiger partial charge is 0.248 e. The van der Waals surface area contributed by atoms with E-state index in [-0.39, 0.29) is 18.0 Å². The van der Waals surface area contributed by atoms with Crippen molar-refractivity contribution >= 4 is 29.1 Å². The maximum absolute atomic E-state index is 12.5. The number of hydrogen-bond donors (Lipinski definition) is 3. The number of benzene rings is 1. The zero-order valence-corrected chi connectivity index (χ0v) is 12.3. The number of anilines is 1. The van der Waals surface area contributed by atoms with Crippen LogP contribution in [0.4, 0.5) is 5.69 Å². The normalized spacial score (nSPS) is 17.2. The van der Waals surface area contributed by atoms with Crippen molar-refractivity contribution in [2.75, 3.05) is 25.1 Å². The first-order chi connectivity index (χ1) is 9.98. The molecule has 1 saturated heterocycles. The van der Waals surface area contributed by atoms with Gasteiger partial charge in [0.05, 0.1) is 16.1 Å². The van der Waals surface area contributed by atoms with Gasteiger partial charge in [0.2, 0.25) is 11.8 Å². The average Bonchev–Trinajstić information content (AvgIpc) is 2.49. The van der Waals surface area contributed by atoms with E-state index in [0.29, 0.717) is 36.8 Å². The van der Waals surface area contributed by atoms with Crippen LogP contribution in [0.2, 0.25) is 5.02 Å². The van der Waals surface area contributed by atoms with Gasteiger partial charge in [0, 0.05) is 25.3 Å². The summed E-state index contributed by atoms with van der Waals surface area (Å²) >= 11 is 6.05. The van der Waals surface area contributed by atoms with Gasteiger partial charge < -0.3 is 21.5 Å². The topological polar surface area (TPSA) is 107 Å². The average molecular weight is 312 g/mol. The molecular weight excluding hydrogens is 294 g/mol. The first-order valence-electron chi connectivity index (χ1n) is 6.67. The lowest BCUT2D eigenvalue weighted by atomic mass is 9.79. The van der Waals surface area contributed by atoms with Gasteiger partial charge in [-0.15, -0.1) is 0 Å². The number of ether oxygens (including phenoxy) is 1. The molecule has 0 unspecified atom stereocenters. The molecule has 0 atom stereocenters. The van der Waals surface area contributed by atoms with E-state index in [0.717, 1.165) is 0 Å². The maximum atomic E-state index is 12.5. The van der Waals surface area contributed by atoms with Crippen molar-refractivity contribution < 1.29 is 14.3 Å². The molecule has 0 bridgehead atoms. The summed E-state index contributed by atoms with van der Waals surface area (Å²) in [6.07, 6.45) is 1.12. The number of amides is 2. The number of nitrogens with one attached hydrogen (secondary N) is 1. The molecule has 1 aliphatic rings. The third kappa shape index (κ3) is 3.34. The van der Waals surface area contributed by atoms with E-state index in [1.54, 1.807) is 0 Å². The number of primary amides is 1. The molecule has 5 N–H and O–H groups in total. The molecule has 0 radical (unpaired) electrons. The van der Waals surface area contributed by atoms with Crippen molar-refractivity contribution in [3.63, 3.8) is 0 Å². The molecule has 6 nitrogen and oxygen atoms in total. The van der Waals surface area contributed by atoms with Gasteiger partial charge in [0.25, 0.3) is 0 Å². The Morgan fingerprint density at radius 1 is 1.33 bits per heavy atom. The van der Waals surface area contributed by atoms with Crippen molar-refractivity contribution in [2.45, 2.75) is 12.8 Å². The molecule has 7 heteroatoms. The van der Waals surface area contributed by atoms with Crippen LogP contribution in [0, 0.1) is 5.41 Å². The molecule has 1 aliphatic heterocycles. The first kappa shape index (κ1) is 15.8. The molecule has 114 valence electrons. The highest BCUT2D eigenvalue weighted by molar-refractivity contribution is 6.34. The van der Waals surface area contributed by atoms with E-state index in [2.05, 4.69) is 5.32 Å². The summed E-state index contributed by atoms with van der Waals surface area (Å²) < 4.78 is 5.28. The quantitative estimate of drug-likeness (QED) is 0.774. The summed E-state index contributed by atoms with van der Waals surface area (Å²) in [6, 6.07) is 4.50. The van der Waals surface area contributed by atoms with Crippen molar-refractivity contribution in [1.29, 1.82) is 0 Å². The Bertz CT molecular complexity index is 556. The Kier molecular flexibility index (Phi) is 4.82. The molecule has 1 aromatic carbocycles. The van der Waals surface area contributed by atoms with Gasteiger partial charge in [-0.2, -0.15) is 0 Å². The highest BCUT2D eigenvalue weighted by atomic mass is 35.5. The third-order valence-electron chi connectivity index (χ3n) is 3.82. The fraction of sp³-hybridized carbons (Fsp3) is 0.429. The van der Waals surface area contributed by atoms with Crippen LogP contribution in [0.5, 0.6) is 0 Å². The number of rotatable bonds is 4. The van der Waals surface area contributed by atoms with Crippen molar-refractivity contribution in [2.24, 2.45) is 16.9 Å². The van der Waals surface area contributed by atoms with Crippen LogP contribution in [0.1, 0.15) is 23.2 Å². The van der Waals surface area contributed by atoms with E-state index in [1.165, 1.54) is 18.2 Å². The van der Waals surface area contributed by atoms with E-state index in [4.69, 9.17) is 27.8 Å². The van der Waals surface area contributed by atoms with Gasteiger partial charge >= 0.3 is 0 Å². The Labute approximate surface area is 127 Å². The highest BCUT2D eigenvalue weighted by Gasteiger charge is 2.39. The molecule has 0 spiro atoms. The van der Waals surface area contributed by atoms with Gasteiger partial charge in [-0.05, 0) is 31.0 Å². The largest absolute Gasteiger partial charge is 0.381 e. The van der Waals surface area contributed by atoms with Gasteiger partial charge in [-0.3, -0.25) is 9.59 Å². The Hall–Kier alpha value is -1.63. The van der Waals surface area contributed by atoms with Crippen LogP contribution in [0.25, 0.3) is 0 Å². The van der Waals surface area contributed by atoms with Crippen LogP contribution in [0.15, 0.2) is 18.2 Å². The molecule has 21 heavy (non-hydrogen) atoms. The molecule has 0 saturated carbocycles. The minimum Gasteiger partial charge on any atom is -0.381 e. The summed E-state index contributed by atoms with van der Waals surface area (Å²) in [7, 11) is 0. The lowest BCUT2D eigenvalue weighted by Gasteiger charge is -2.34. The number of nitrogens with two attached hydrogens (primary N) is 2. The van der Waals surface area contributed by atoms with Gasteiger partial charge in [-0.1, -0.05) is 11.6 Å². The monoisotopic (exact) mass is 311 g/mol. The van der Waals surface area contributed by atoms with Crippen LogP contribution >= 0.6 is 11.6 Å². The second kappa shape index (κ2) is 6.43. The third-order valence-corrected chi connectivity index (χ3v) is 4.15. The van der Waals surface area contributed by atoms with Gasteiger partial charge in [0.15, 0.2) is 0 Å². The molecule has 1 heterocycles. The first-order valence-corrected chi connectivity index (χ1v) is 7.05. The van der Waals surface area contributed by atoms with Crippen molar-refractivity contribution in [3.8, 4) is 0 Å². The summed E-state index contributed by atoms with van der Waals surface area (Å²) in [5.41, 5.74) is 11.0. The number of halogens is 1. The predicted molar refractivity (Wildman–Crippen MR) is 80.1 cm³/mol. The van der Waals surface area contributed by atoms with E-state index < -0.39 is 11.3 Å². The summed E-state index contributed by atoms with van der Waals surface area (Å²) in [5, 5.41) is 3.09. The molecule has 0 aromatic heterocycles. The van der Waals surface area contributed by atoms with Crippen LogP contribution < -0.4 is 16.8 Å². The summed E-state index contributed by atoms with van der Waals surface area (Å²) in [5.74, 6) is -0.793. The number of hydrogen-bond acceptors (Lipinski definition) is 4. The number of carbonyl (C=O) groups excluding carboxylic acids is 2. The second-order valence-corrected chi connectivity index (χ2v) is 5.52. The number of carbonyl (C=O) groups is 2. The standard InChI is InChI=1S/C14H18ClN3O3/c15-10-2-1-9(12(17)19)7-11(10)18-13(20)14(8-16)3-5-21-6-4-14/h1-2,7H,3-6,8,16H2,(H2,17,19)(H,18,20). The van der Waals surface area contributed by atoms with E-state index >= 15 is 0 Å². The fourth-order valence-corrected chi connectivity index (χ4v) is 2.48. The Morgan fingerprint density at radius 3 is 2.57 bits per heavy atom. The zero-order chi connectivity index (χ0) is 15.5. The van der Waals surface area contributed by atoms with Crippen LogP contribution in [0.3, 0.4) is 0 Å². The molecule has 1 fully saturated rings. The molecule has 0 aliphatic carbocycles. The SMILES string of the molecule is NCC1(C(=O)Nc2cc(C(N)=O)ccc2Cl)CCOCC1.